The molecule has 1 N–H and O–H groups in total. The molecule has 0 saturated heterocycles. The van der Waals surface area contributed by atoms with E-state index < -0.39 is 11.9 Å². The van der Waals surface area contributed by atoms with Crippen LogP contribution >= 0.6 is 0 Å². The maximum Gasteiger partial charge on any atom is 0.361 e. The van der Waals surface area contributed by atoms with Gasteiger partial charge in [0.05, 0.1) is 12.2 Å². The van der Waals surface area contributed by atoms with Gasteiger partial charge in [0.15, 0.2) is 5.69 Å². The summed E-state index contributed by atoms with van der Waals surface area (Å²) in [6.45, 7) is 3.89. The van der Waals surface area contributed by atoms with Crippen LogP contribution in [0.15, 0.2) is 48.5 Å². The number of aromatic nitrogens is 3. The van der Waals surface area contributed by atoms with Gasteiger partial charge in [0, 0.05) is 5.56 Å². The molecule has 7 heteroatoms. The average Bonchev–Trinajstić information content (AvgIpc) is 3.12. The maximum atomic E-state index is 12.3. The van der Waals surface area contributed by atoms with E-state index in [1.165, 1.54) is 0 Å². The van der Waals surface area contributed by atoms with Crippen molar-refractivity contribution in [1.29, 1.82) is 0 Å². The molecule has 0 spiro atoms. The van der Waals surface area contributed by atoms with Crippen LogP contribution in [0, 0.1) is 6.92 Å². The first-order chi connectivity index (χ1) is 12.6. The monoisotopic (exact) mass is 351 g/mol. The first-order valence-corrected chi connectivity index (χ1v) is 8.05. The number of hydrogen-bond acceptors (Lipinski definition) is 6. The molecule has 0 aliphatic heterocycles. The molecule has 0 aliphatic carbocycles. The van der Waals surface area contributed by atoms with Crippen molar-refractivity contribution in [3.8, 4) is 17.0 Å². The van der Waals surface area contributed by atoms with Gasteiger partial charge >= 0.3 is 11.9 Å². The number of ether oxygens (including phenoxy) is 2. The van der Waals surface area contributed by atoms with E-state index in [4.69, 9.17) is 9.47 Å². The molecule has 132 valence electrons. The molecule has 0 atom stereocenters. The molecule has 1 aromatic heterocycles. The topological polar surface area (TPSA) is 94.2 Å². The second-order valence-electron chi connectivity index (χ2n) is 5.52. The Balaban J connectivity index is 1.83. The first kappa shape index (κ1) is 17.3. The lowest BCUT2D eigenvalue weighted by atomic mass is 10.1. The molecule has 0 amide bonds. The highest BCUT2D eigenvalue weighted by Crippen LogP contribution is 2.25. The minimum absolute atomic E-state index is 0.0776. The molecule has 3 aromatic rings. The summed E-state index contributed by atoms with van der Waals surface area (Å²) in [6.07, 6.45) is 0. The highest BCUT2D eigenvalue weighted by atomic mass is 16.5. The number of carbonyl (C=O) groups is 2. The molecular weight excluding hydrogens is 334 g/mol. The van der Waals surface area contributed by atoms with E-state index in [1.807, 2.05) is 19.1 Å². The van der Waals surface area contributed by atoms with E-state index in [2.05, 4.69) is 15.4 Å². The van der Waals surface area contributed by atoms with Gasteiger partial charge in [0.1, 0.15) is 11.4 Å². The molecular formula is C19H17N3O4. The predicted molar refractivity (Wildman–Crippen MR) is 93.9 cm³/mol. The minimum atomic E-state index is -0.571. The predicted octanol–water partition coefficient (Wildman–Crippen LogP) is 3.18. The summed E-state index contributed by atoms with van der Waals surface area (Å²) < 4.78 is 10.4. The van der Waals surface area contributed by atoms with E-state index in [-0.39, 0.29) is 12.3 Å². The minimum Gasteiger partial charge on any atom is -0.461 e. The van der Waals surface area contributed by atoms with Gasteiger partial charge in [-0.05, 0) is 38.1 Å². The molecule has 3 rings (SSSR count). The van der Waals surface area contributed by atoms with Gasteiger partial charge in [0.2, 0.25) is 0 Å². The fourth-order valence-corrected chi connectivity index (χ4v) is 2.34. The van der Waals surface area contributed by atoms with Crippen LogP contribution < -0.4 is 4.74 Å². The van der Waals surface area contributed by atoms with Crippen LogP contribution in [-0.2, 0) is 4.74 Å². The van der Waals surface area contributed by atoms with Crippen LogP contribution in [-0.4, -0.2) is 34.0 Å². The number of aryl methyl sites for hydroxylation is 1. The Hall–Kier alpha value is -3.48. The van der Waals surface area contributed by atoms with Crippen LogP contribution in [0.2, 0.25) is 0 Å². The molecule has 2 aromatic carbocycles. The highest BCUT2D eigenvalue weighted by Gasteiger charge is 2.19. The third-order valence-electron chi connectivity index (χ3n) is 3.62. The summed E-state index contributed by atoms with van der Waals surface area (Å²) in [5.74, 6) is -0.697. The SMILES string of the molecule is CCOC(=O)c1n[nH]nc1-c1cccc(OC(=O)c2ccc(C)cc2)c1. The van der Waals surface area contributed by atoms with E-state index in [1.54, 1.807) is 43.3 Å². The Kier molecular flexibility index (Phi) is 5.07. The third-order valence-corrected chi connectivity index (χ3v) is 3.62. The van der Waals surface area contributed by atoms with Crippen LogP contribution in [0.4, 0.5) is 0 Å². The molecule has 0 radical (unpaired) electrons. The molecule has 0 aliphatic rings. The van der Waals surface area contributed by atoms with Gasteiger partial charge in [-0.15, -0.1) is 5.10 Å². The summed E-state index contributed by atoms with van der Waals surface area (Å²) in [5.41, 5.74) is 2.50. The largest absolute Gasteiger partial charge is 0.461 e. The van der Waals surface area contributed by atoms with E-state index >= 15 is 0 Å². The lowest BCUT2D eigenvalue weighted by Gasteiger charge is -2.06. The van der Waals surface area contributed by atoms with Crippen molar-refractivity contribution in [2.45, 2.75) is 13.8 Å². The zero-order valence-corrected chi connectivity index (χ0v) is 14.4. The lowest BCUT2D eigenvalue weighted by Crippen LogP contribution is -2.09. The van der Waals surface area contributed by atoms with E-state index in [0.717, 1.165) is 5.56 Å². The zero-order valence-electron chi connectivity index (χ0n) is 14.4. The van der Waals surface area contributed by atoms with Gasteiger partial charge < -0.3 is 9.47 Å². The maximum absolute atomic E-state index is 12.3. The zero-order chi connectivity index (χ0) is 18.5. The second-order valence-corrected chi connectivity index (χ2v) is 5.52. The number of aromatic amines is 1. The normalized spacial score (nSPS) is 10.4. The summed E-state index contributed by atoms with van der Waals surface area (Å²) in [4.78, 5) is 24.2. The molecule has 1 heterocycles. The lowest BCUT2D eigenvalue weighted by molar-refractivity contribution is 0.0520. The molecule has 0 fully saturated rings. The first-order valence-electron chi connectivity index (χ1n) is 8.05. The van der Waals surface area contributed by atoms with Crippen LogP contribution in [0.3, 0.4) is 0 Å². The quantitative estimate of drug-likeness (QED) is 0.560. The standard InChI is InChI=1S/C19H17N3O4/c1-3-25-19(24)17-16(20-22-21-17)14-5-4-6-15(11-14)26-18(23)13-9-7-12(2)8-10-13/h4-11H,3H2,1-2H3,(H,20,21,22). The van der Waals surface area contributed by atoms with E-state index in [0.29, 0.717) is 22.6 Å². The summed E-state index contributed by atoms with van der Waals surface area (Å²) in [5, 5.41) is 10.3. The molecule has 7 nitrogen and oxygen atoms in total. The molecule has 0 bridgehead atoms. The number of nitrogens with zero attached hydrogens (tertiary/aromatic N) is 2. The van der Waals surface area contributed by atoms with Crippen molar-refractivity contribution in [3.05, 3.63) is 65.4 Å². The highest BCUT2D eigenvalue weighted by molar-refractivity contribution is 5.94. The van der Waals surface area contributed by atoms with Crippen LogP contribution in [0.1, 0.15) is 33.3 Å². The molecule has 0 saturated carbocycles. The Morgan fingerprint density at radius 3 is 2.54 bits per heavy atom. The van der Waals surface area contributed by atoms with Crippen LogP contribution in [0.5, 0.6) is 5.75 Å². The Labute approximate surface area is 150 Å². The fraction of sp³-hybridized carbons (Fsp3) is 0.158. The number of nitrogens with one attached hydrogen (secondary N) is 1. The van der Waals surface area contributed by atoms with Gasteiger partial charge in [0.25, 0.3) is 0 Å². The number of H-pyrrole nitrogens is 1. The van der Waals surface area contributed by atoms with Gasteiger partial charge in [-0.3, -0.25) is 0 Å². The average molecular weight is 351 g/mol. The van der Waals surface area contributed by atoms with Gasteiger partial charge in [-0.25, -0.2) is 9.59 Å². The number of benzene rings is 2. The second kappa shape index (κ2) is 7.60. The molecule has 0 unspecified atom stereocenters. The summed E-state index contributed by atoms with van der Waals surface area (Å²) >= 11 is 0. The van der Waals surface area contributed by atoms with Gasteiger partial charge in [-0.1, -0.05) is 29.8 Å². The summed E-state index contributed by atoms with van der Waals surface area (Å²) in [7, 11) is 0. The smallest absolute Gasteiger partial charge is 0.361 e. The molecule has 26 heavy (non-hydrogen) atoms. The number of esters is 2. The van der Waals surface area contributed by atoms with Crippen molar-refractivity contribution in [2.75, 3.05) is 6.61 Å². The number of rotatable bonds is 5. The van der Waals surface area contributed by atoms with Crippen molar-refractivity contribution in [2.24, 2.45) is 0 Å². The summed E-state index contributed by atoms with van der Waals surface area (Å²) in [6, 6.07) is 13.8. The van der Waals surface area contributed by atoms with Crippen molar-refractivity contribution in [3.63, 3.8) is 0 Å². The Bertz CT molecular complexity index is 932. The van der Waals surface area contributed by atoms with Gasteiger partial charge in [-0.2, -0.15) is 10.3 Å². The van der Waals surface area contributed by atoms with E-state index in [9.17, 15) is 9.59 Å². The number of hydrogen-bond donors (Lipinski definition) is 1. The van der Waals surface area contributed by atoms with Crippen molar-refractivity contribution < 1.29 is 19.1 Å². The Morgan fingerprint density at radius 1 is 1.04 bits per heavy atom. The number of carbonyl (C=O) groups excluding carboxylic acids is 2. The Morgan fingerprint density at radius 2 is 1.81 bits per heavy atom. The fourth-order valence-electron chi connectivity index (χ4n) is 2.34. The van der Waals surface area contributed by atoms with Crippen molar-refractivity contribution >= 4 is 11.9 Å². The third kappa shape index (κ3) is 3.77. The van der Waals surface area contributed by atoms with Crippen LogP contribution in [0.25, 0.3) is 11.3 Å². The van der Waals surface area contributed by atoms with Crippen molar-refractivity contribution in [1.82, 2.24) is 15.4 Å².